The predicted octanol–water partition coefficient (Wildman–Crippen LogP) is -0.244. The molecule has 11 heteroatoms. The molecular formula is C16H26N6O4S. The van der Waals surface area contributed by atoms with Crippen molar-refractivity contribution in [2.45, 2.75) is 23.8 Å². The van der Waals surface area contributed by atoms with Gasteiger partial charge in [-0.05, 0) is 25.0 Å². The topological polar surface area (TPSA) is 125 Å². The zero-order chi connectivity index (χ0) is 19.7. The van der Waals surface area contributed by atoms with Crippen LogP contribution in [-0.2, 0) is 14.8 Å². The summed E-state index contributed by atoms with van der Waals surface area (Å²) >= 11 is 0. The van der Waals surface area contributed by atoms with Crippen molar-refractivity contribution in [1.29, 1.82) is 0 Å². The Balaban J connectivity index is 1.71. The Hall–Kier alpha value is -2.40. The number of pyridine rings is 1. The van der Waals surface area contributed by atoms with Gasteiger partial charge in [-0.2, -0.15) is 0 Å². The molecule has 3 N–H and O–H groups in total. The zero-order valence-corrected chi connectivity index (χ0v) is 16.3. The Morgan fingerprint density at radius 2 is 2.11 bits per heavy atom. The lowest BCUT2D eigenvalue weighted by molar-refractivity contribution is 0.111. The normalized spacial score (nSPS) is 16.1. The van der Waals surface area contributed by atoms with E-state index < -0.39 is 10.0 Å². The highest BCUT2D eigenvalue weighted by molar-refractivity contribution is 7.89. The van der Waals surface area contributed by atoms with Gasteiger partial charge in [0.25, 0.3) is 0 Å². The smallest absolute Gasteiger partial charge is 0.409 e. The molecule has 0 spiro atoms. The number of amides is 1. The van der Waals surface area contributed by atoms with E-state index in [0.29, 0.717) is 25.6 Å². The third-order valence-electron chi connectivity index (χ3n) is 4.15. The predicted molar refractivity (Wildman–Crippen MR) is 101 cm³/mol. The van der Waals surface area contributed by atoms with Crippen molar-refractivity contribution < 1.29 is 17.9 Å². The number of aromatic nitrogens is 1. The summed E-state index contributed by atoms with van der Waals surface area (Å²) in [5.74, 6) is 0.590. The number of hydrogen-bond donors (Lipinski definition) is 3. The van der Waals surface area contributed by atoms with Crippen LogP contribution in [0, 0.1) is 0 Å². The maximum absolute atomic E-state index is 12.1. The van der Waals surface area contributed by atoms with Crippen LogP contribution in [0.3, 0.4) is 0 Å². The number of hydrogen-bond acceptors (Lipinski definition) is 6. The summed E-state index contributed by atoms with van der Waals surface area (Å²) in [6.07, 6.45) is 4.08. The number of rotatable bonds is 6. The van der Waals surface area contributed by atoms with Crippen molar-refractivity contribution in [3.8, 4) is 0 Å². The molecule has 2 rings (SSSR count). The van der Waals surface area contributed by atoms with Crippen LogP contribution < -0.4 is 15.4 Å². The van der Waals surface area contributed by atoms with Gasteiger partial charge in [-0.3, -0.25) is 9.98 Å². The van der Waals surface area contributed by atoms with Gasteiger partial charge in [0.05, 0.1) is 7.11 Å². The molecule has 0 atom stereocenters. The molecule has 0 unspecified atom stereocenters. The number of guanidine groups is 1. The van der Waals surface area contributed by atoms with Crippen molar-refractivity contribution in [2.75, 3.05) is 40.3 Å². The number of carbonyl (C=O) groups excluding carboxylic acids is 1. The molecule has 0 aromatic carbocycles. The maximum atomic E-state index is 12.1. The number of methoxy groups -OCH3 is 1. The molecule has 0 aliphatic carbocycles. The number of piperidine rings is 1. The number of ether oxygens (including phenoxy) is 1. The number of aliphatic imine (C=N–C) groups is 1. The maximum Gasteiger partial charge on any atom is 0.409 e. The quantitative estimate of drug-likeness (QED) is 0.343. The third-order valence-corrected chi connectivity index (χ3v) is 5.59. The number of nitrogens with one attached hydrogen (secondary N) is 3. The molecule has 150 valence electrons. The molecule has 1 amide bonds. The number of carbonyl (C=O) groups is 1. The van der Waals surface area contributed by atoms with Crippen LogP contribution in [0.15, 0.2) is 34.4 Å². The summed E-state index contributed by atoms with van der Waals surface area (Å²) in [6, 6.07) is 3.25. The Kier molecular flexibility index (Phi) is 7.80. The largest absolute Gasteiger partial charge is 0.453 e. The molecule has 27 heavy (non-hydrogen) atoms. The minimum Gasteiger partial charge on any atom is -0.453 e. The van der Waals surface area contributed by atoms with Crippen LogP contribution in [0.2, 0.25) is 0 Å². The van der Waals surface area contributed by atoms with E-state index in [-0.39, 0.29) is 23.6 Å². The molecule has 1 aliphatic heterocycles. The number of nitrogens with zero attached hydrogens (tertiary/aromatic N) is 3. The molecule has 0 radical (unpaired) electrons. The number of likely N-dealkylation sites (tertiary alicyclic amines) is 1. The second kappa shape index (κ2) is 10.1. The van der Waals surface area contributed by atoms with Crippen LogP contribution in [-0.4, -0.2) is 76.7 Å². The van der Waals surface area contributed by atoms with E-state index in [4.69, 9.17) is 4.74 Å². The second-order valence-corrected chi connectivity index (χ2v) is 7.73. The van der Waals surface area contributed by atoms with E-state index in [1.807, 2.05) is 0 Å². The summed E-state index contributed by atoms with van der Waals surface area (Å²) in [7, 11) is -0.544. The van der Waals surface area contributed by atoms with Crippen molar-refractivity contribution in [1.82, 2.24) is 25.2 Å². The molecule has 0 bridgehead atoms. The monoisotopic (exact) mass is 398 g/mol. The lowest BCUT2D eigenvalue weighted by Gasteiger charge is -2.32. The molecular weight excluding hydrogens is 372 g/mol. The van der Waals surface area contributed by atoms with Gasteiger partial charge in [0, 0.05) is 51.7 Å². The summed E-state index contributed by atoms with van der Waals surface area (Å²) < 4.78 is 31.4. The summed E-state index contributed by atoms with van der Waals surface area (Å²) in [6.45, 7) is 1.82. The Bertz CT molecular complexity index is 733. The Morgan fingerprint density at radius 1 is 1.37 bits per heavy atom. The van der Waals surface area contributed by atoms with E-state index >= 15 is 0 Å². The fourth-order valence-corrected chi connectivity index (χ4v) is 3.67. The van der Waals surface area contributed by atoms with Gasteiger partial charge in [-0.25, -0.2) is 17.9 Å². The fraction of sp³-hybridized carbons (Fsp3) is 0.562. The van der Waals surface area contributed by atoms with E-state index in [1.165, 1.54) is 25.6 Å². The minimum absolute atomic E-state index is 0.130. The molecule has 1 saturated heterocycles. The third kappa shape index (κ3) is 6.36. The molecule has 1 fully saturated rings. The molecule has 1 aliphatic rings. The van der Waals surface area contributed by atoms with Gasteiger partial charge >= 0.3 is 6.09 Å². The minimum atomic E-state index is -3.57. The first-order valence-electron chi connectivity index (χ1n) is 8.66. The highest BCUT2D eigenvalue weighted by atomic mass is 32.2. The van der Waals surface area contributed by atoms with Gasteiger partial charge in [0.2, 0.25) is 10.0 Å². The van der Waals surface area contributed by atoms with Gasteiger partial charge in [0.15, 0.2) is 5.96 Å². The fourth-order valence-electron chi connectivity index (χ4n) is 2.68. The molecule has 0 saturated carbocycles. The first-order valence-corrected chi connectivity index (χ1v) is 10.1. The number of sulfonamides is 1. The van der Waals surface area contributed by atoms with Crippen LogP contribution in [0.4, 0.5) is 4.79 Å². The average Bonchev–Trinajstić information content (AvgIpc) is 2.70. The van der Waals surface area contributed by atoms with Gasteiger partial charge in [-0.1, -0.05) is 0 Å². The zero-order valence-electron chi connectivity index (χ0n) is 15.5. The van der Waals surface area contributed by atoms with E-state index in [1.54, 1.807) is 18.0 Å². The standard InChI is InChI=1S/C16H26N6O4S/c1-17-15(21-13-5-10-22(11-6-13)16(23)26-2)19-8-9-20-27(24,25)14-4-3-7-18-12-14/h3-4,7,12-13,20H,5-6,8-11H2,1-2H3,(H2,17,19,21). The molecule has 1 aromatic rings. The Labute approximate surface area is 159 Å². The van der Waals surface area contributed by atoms with E-state index in [9.17, 15) is 13.2 Å². The van der Waals surface area contributed by atoms with Crippen LogP contribution in [0.25, 0.3) is 0 Å². The van der Waals surface area contributed by atoms with E-state index in [2.05, 4.69) is 25.3 Å². The van der Waals surface area contributed by atoms with Gasteiger partial charge < -0.3 is 20.3 Å². The van der Waals surface area contributed by atoms with Crippen LogP contribution in [0.5, 0.6) is 0 Å². The van der Waals surface area contributed by atoms with Crippen molar-refractivity contribution in [2.24, 2.45) is 4.99 Å². The van der Waals surface area contributed by atoms with Crippen LogP contribution >= 0.6 is 0 Å². The summed E-state index contributed by atoms with van der Waals surface area (Å²) in [5, 5.41) is 6.36. The SMILES string of the molecule is CN=C(NCCNS(=O)(=O)c1cccnc1)NC1CCN(C(=O)OC)CC1. The average molecular weight is 398 g/mol. The first-order chi connectivity index (χ1) is 13.0. The molecule has 1 aromatic heterocycles. The molecule has 2 heterocycles. The van der Waals surface area contributed by atoms with Crippen LogP contribution in [0.1, 0.15) is 12.8 Å². The van der Waals surface area contributed by atoms with Gasteiger partial charge in [-0.15, -0.1) is 0 Å². The second-order valence-electron chi connectivity index (χ2n) is 5.96. The Morgan fingerprint density at radius 3 is 2.70 bits per heavy atom. The van der Waals surface area contributed by atoms with Gasteiger partial charge in [0.1, 0.15) is 4.90 Å². The summed E-state index contributed by atoms with van der Waals surface area (Å²) in [4.78, 5) is 21.3. The van der Waals surface area contributed by atoms with Crippen molar-refractivity contribution >= 4 is 22.1 Å². The van der Waals surface area contributed by atoms with E-state index in [0.717, 1.165) is 12.8 Å². The molecule has 10 nitrogen and oxygen atoms in total. The van der Waals surface area contributed by atoms with Crippen molar-refractivity contribution in [3.63, 3.8) is 0 Å². The lowest BCUT2D eigenvalue weighted by Crippen LogP contribution is -2.50. The highest BCUT2D eigenvalue weighted by Crippen LogP contribution is 2.11. The highest BCUT2D eigenvalue weighted by Gasteiger charge is 2.23. The summed E-state index contributed by atoms with van der Waals surface area (Å²) in [5.41, 5.74) is 0. The lowest BCUT2D eigenvalue weighted by atomic mass is 10.1. The first kappa shape index (κ1) is 20.9. The van der Waals surface area contributed by atoms with Crippen molar-refractivity contribution in [3.05, 3.63) is 24.5 Å².